The van der Waals surface area contributed by atoms with Crippen molar-refractivity contribution in [3.8, 4) is 0 Å². The fourth-order valence-corrected chi connectivity index (χ4v) is 3.33. The molecule has 1 saturated carbocycles. The van der Waals surface area contributed by atoms with E-state index >= 15 is 0 Å². The zero-order valence-corrected chi connectivity index (χ0v) is 12.5. The molecule has 0 saturated heterocycles. The van der Waals surface area contributed by atoms with E-state index in [2.05, 4.69) is 24.0 Å². The molecule has 3 rings (SSSR count). The van der Waals surface area contributed by atoms with Crippen LogP contribution in [0.15, 0.2) is 12.3 Å². The third-order valence-corrected chi connectivity index (χ3v) is 4.52. The second-order valence-electron chi connectivity index (χ2n) is 5.68. The van der Waals surface area contributed by atoms with Crippen LogP contribution in [0.3, 0.4) is 0 Å². The normalized spacial score (nSPS) is 14.9. The number of rotatable bonds is 4. The third-order valence-electron chi connectivity index (χ3n) is 3.42. The molecule has 5 nitrogen and oxygen atoms in total. The maximum Gasteiger partial charge on any atom is 0.266 e. The van der Waals surface area contributed by atoms with Crippen LogP contribution in [0, 0.1) is 5.92 Å². The molecule has 1 fully saturated rings. The first-order valence-electron chi connectivity index (χ1n) is 6.88. The first kappa shape index (κ1) is 13.3. The fraction of sp³-hybridized carbons (Fsp3) is 0.500. The molecule has 2 heterocycles. The molecule has 1 amide bonds. The zero-order chi connectivity index (χ0) is 14.3. The van der Waals surface area contributed by atoms with Gasteiger partial charge < -0.3 is 10.6 Å². The van der Waals surface area contributed by atoms with Crippen LogP contribution in [0.4, 0.5) is 5.69 Å². The van der Waals surface area contributed by atoms with Crippen molar-refractivity contribution in [3.63, 3.8) is 0 Å². The Hall–Kier alpha value is -1.69. The SMILES string of the molecule is CC(C)CN(C(=O)c1sc2nnccc2c1N)C1CC1. The second-order valence-corrected chi connectivity index (χ2v) is 6.68. The number of nitrogen functional groups attached to an aromatic ring is 1. The van der Waals surface area contributed by atoms with Gasteiger partial charge in [0.2, 0.25) is 0 Å². The average Bonchev–Trinajstić information content (AvgIpc) is 3.20. The minimum Gasteiger partial charge on any atom is -0.397 e. The number of thiophene rings is 1. The Kier molecular flexibility index (Phi) is 3.33. The van der Waals surface area contributed by atoms with Crippen LogP contribution < -0.4 is 5.73 Å². The lowest BCUT2D eigenvalue weighted by molar-refractivity contribution is 0.0728. The molecular formula is C14H18N4OS. The van der Waals surface area contributed by atoms with Crippen molar-refractivity contribution >= 4 is 33.1 Å². The molecule has 106 valence electrons. The van der Waals surface area contributed by atoms with Crippen LogP contribution >= 0.6 is 11.3 Å². The zero-order valence-electron chi connectivity index (χ0n) is 11.7. The summed E-state index contributed by atoms with van der Waals surface area (Å²) in [5.74, 6) is 0.497. The largest absolute Gasteiger partial charge is 0.397 e. The number of carbonyl (C=O) groups is 1. The number of anilines is 1. The van der Waals surface area contributed by atoms with E-state index in [9.17, 15) is 4.79 Å². The Bertz CT molecular complexity index is 648. The molecule has 0 radical (unpaired) electrons. The molecule has 0 spiro atoms. The van der Waals surface area contributed by atoms with Gasteiger partial charge >= 0.3 is 0 Å². The van der Waals surface area contributed by atoms with Crippen molar-refractivity contribution in [2.24, 2.45) is 5.92 Å². The highest BCUT2D eigenvalue weighted by Gasteiger charge is 2.35. The molecule has 2 N–H and O–H groups in total. The van der Waals surface area contributed by atoms with Gasteiger partial charge in [0.25, 0.3) is 5.91 Å². The van der Waals surface area contributed by atoms with Crippen molar-refractivity contribution in [1.82, 2.24) is 15.1 Å². The number of hydrogen-bond acceptors (Lipinski definition) is 5. The van der Waals surface area contributed by atoms with Crippen molar-refractivity contribution in [2.75, 3.05) is 12.3 Å². The number of carbonyl (C=O) groups excluding carboxylic acids is 1. The summed E-state index contributed by atoms with van der Waals surface area (Å²) < 4.78 is 0. The van der Waals surface area contributed by atoms with Gasteiger partial charge in [0.15, 0.2) is 0 Å². The number of fused-ring (bicyclic) bond motifs is 1. The number of aromatic nitrogens is 2. The third kappa shape index (κ3) is 2.35. The summed E-state index contributed by atoms with van der Waals surface area (Å²) in [4.78, 5) is 16.1. The van der Waals surface area contributed by atoms with E-state index in [1.165, 1.54) is 11.3 Å². The second kappa shape index (κ2) is 5.01. The van der Waals surface area contributed by atoms with Crippen molar-refractivity contribution < 1.29 is 4.79 Å². The van der Waals surface area contributed by atoms with E-state index in [0.717, 1.165) is 29.6 Å². The molecule has 0 atom stereocenters. The van der Waals surface area contributed by atoms with Gasteiger partial charge in [0.05, 0.1) is 11.9 Å². The van der Waals surface area contributed by atoms with E-state index in [-0.39, 0.29) is 5.91 Å². The van der Waals surface area contributed by atoms with Gasteiger partial charge in [-0.2, -0.15) is 5.10 Å². The Morgan fingerprint density at radius 3 is 2.90 bits per heavy atom. The van der Waals surface area contributed by atoms with Crippen molar-refractivity contribution in [1.29, 1.82) is 0 Å². The maximum atomic E-state index is 12.8. The van der Waals surface area contributed by atoms with Crippen LogP contribution in [-0.2, 0) is 0 Å². The molecule has 1 aliphatic carbocycles. The smallest absolute Gasteiger partial charge is 0.266 e. The first-order valence-corrected chi connectivity index (χ1v) is 7.70. The predicted molar refractivity (Wildman–Crippen MR) is 80.7 cm³/mol. The summed E-state index contributed by atoms with van der Waals surface area (Å²) in [5, 5.41) is 8.72. The predicted octanol–water partition coefficient (Wildman–Crippen LogP) is 2.53. The molecule has 0 aromatic carbocycles. The van der Waals surface area contributed by atoms with Crippen LogP contribution in [-0.4, -0.2) is 33.6 Å². The van der Waals surface area contributed by atoms with Gasteiger partial charge in [-0.25, -0.2) is 0 Å². The minimum atomic E-state index is 0.0432. The van der Waals surface area contributed by atoms with Crippen LogP contribution in [0.25, 0.3) is 10.2 Å². The van der Waals surface area contributed by atoms with E-state index < -0.39 is 0 Å². The molecule has 0 aliphatic heterocycles. The summed E-state index contributed by atoms with van der Waals surface area (Å²) in [6.07, 6.45) is 3.80. The number of nitrogens with zero attached hydrogens (tertiary/aromatic N) is 3. The Labute approximate surface area is 121 Å². The Morgan fingerprint density at radius 2 is 2.30 bits per heavy atom. The lowest BCUT2D eigenvalue weighted by atomic mass is 10.2. The van der Waals surface area contributed by atoms with E-state index in [0.29, 0.717) is 22.5 Å². The summed E-state index contributed by atoms with van der Waals surface area (Å²) in [5.41, 5.74) is 6.67. The maximum absolute atomic E-state index is 12.8. The molecule has 0 bridgehead atoms. The summed E-state index contributed by atoms with van der Waals surface area (Å²) in [7, 11) is 0. The lowest BCUT2D eigenvalue weighted by Crippen LogP contribution is -2.36. The van der Waals surface area contributed by atoms with Gasteiger partial charge in [0, 0.05) is 18.0 Å². The van der Waals surface area contributed by atoms with Gasteiger partial charge in [-0.1, -0.05) is 13.8 Å². The number of nitrogens with two attached hydrogens (primary N) is 1. The summed E-state index contributed by atoms with van der Waals surface area (Å²) in [6.45, 7) is 5.04. The highest BCUT2D eigenvalue weighted by molar-refractivity contribution is 7.21. The van der Waals surface area contributed by atoms with Crippen LogP contribution in [0.1, 0.15) is 36.4 Å². The quantitative estimate of drug-likeness (QED) is 0.939. The molecule has 0 unspecified atom stereocenters. The summed E-state index contributed by atoms with van der Waals surface area (Å²) in [6, 6.07) is 2.20. The van der Waals surface area contributed by atoms with Gasteiger partial charge in [-0.15, -0.1) is 16.4 Å². The lowest BCUT2D eigenvalue weighted by Gasteiger charge is -2.24. The van der Waals surface area contributed by atoms with E-state index in [1.54, 1.807) is 6.20 Å². The first-order chi connectivity index (χ1) is 9.58. The molecule has 20 heavy (non-hydrogen) atoms. The highest BCUT2D eigenvalue weighted by atomic mass is 32.1. The monoisotopic (exact) mass is 290 g/mol. The summed E-state index contributed by atoms with van der Waals surface area (Å²) >= 11 is 1.34. The number of hydrogen-bond donors (Lipinski definition) is 1. The van der Waals surface area contributed by atoms with Crippen LogP contribution in [0.5, 0.6) is 0 Å². The van der Waals surface area contributed by atoms with Gasteiger partial charge in [-0.05, 0) is 24.8 Å². The molecule has 2 aromatic heterocycles. The van der Waals surface area contributed by atoms with Crippen LogP contribution in [0.2, 0.25) is 0 Å². The van der Waals surface area contributed by atoms with Crippen molar-refractivity contribution in [2.45, 2.75) is 32.7 Å². The van der Waals surface area contributed by atoms with Gasteiger partial charge in [0.1, 0.15) is 9.71 Å². The Morgan fingerprint density at radius 1 is 1.55 bits per heavy atom. The molecule has 1 aliphatic rings. The molecule has 2 aromatic rings. The van der Waals surface area contributed by atoms with Crippen molar-refractivity contribution in [3.05, 3.63) is 17.1 Å². The Balaban J connectivity index is 1.96. The standard InChI is InChI=1S/C14H18N4OS/c1-8(2)7-18(9-3-4-9)14(19)12-11(15)10-5-6-16-17-13(10)20-12/h5-6,8-9H,3-4,7,15H2,1-2H3. The fourth-order valence-electron chi connectivity index (χ4n) is 2.34. The minimum absolute atomic E-state index is 0.0432. The topological polar surface area (TPSA) is 72.1 Å². The van der Waals surface area contributed by atoms with E-state index in [1.807, 2.05) is 11.0 Å². The number of amides is 1. The highest BCUT2D eigenvalue weighted by Crippen LogP contribution is 2.35. The van der Waals surface area contributed by atoms with Gasteiger partial charge in [-0.3, -0.25) is 4.79 Å². The average molecular weight is 290 g/mol. The van der Waals surface area contributed by atoms with E-state index in [4.69, 9.17) is 5.73 Å². The molecule has 6 heteroatoms. The molecular weight excluding hydrogens is 272 g/mol.